The minimum absolute atomic E-state index is 0.00240. The van der Waals surface area contributed by atoms with Gasteiger partial charge in [0, 0.05) is 42.0 Å². The monoisotopic (exact) mass is 698 g/mol. The Bertz CT molecular complexity index is 1670. The summed E-state index contributed by atoms with van der Waals surface area (Å²) in [6.07, 6.45) is 3.77. The predicted molar refractivity (Wildman–Crippen MR) is 193 cm³/mol. The van der Waals surface area contributed by atoms with Gasteiger partial charge >= 0.3 is 0 Å². The average molecular weight is 699 g/mol. The molecule has 2 amide bonds. The molecule has 10 heteroatoms. The minimum atomic E-state index is -0.551. The molecule has 3 unspecified atom stereocenters. The van der Waals surface area contributed by atoms with Crippen molar-refractivity contribution in [3.63, 3.8) is 0 Å². The lowest BCUT2D eigenvalue weighted by Gasteiger charge is -2.36. The molecule has 3 atom stereocenters. The first kappa shape index (κ1) is 37.1. The van der Waals surface area contributed by atoms with Crippen molar-refractivity contribution in [3.8, 4) is 16.9 Å². The number of aliphatic hydroxyl groups excluding tert-OH is 1. The topological polar surface area (TPSA) is 126 Å². The number of amides is 2. The molecule has 9 nitrogen and oxygen atoms in total. The highest BCUT2D eigenvalue weighted by Gasteiger charge is 2.32. The molecule has 1 heterocycles. The van der Waals surface area contributed by atoms with Crippen molar-refractivity contribution in [2.45, 2.75) is 81.5 Å². The van der Waals surface area contributed by atoms with Gasteiger partial charge in [0.1, 0.15) is 5.75 Å². The molecule has 1 fully saturated rings. The van der Waals surface area contributed by atoms with Gasteiger partial charge in [-0.15, -0.1) is 11.8 Å². The third-order valence-electron chi connectivity index (χ3n) is 8.72. The van der Waals surface area contributed by atoms with Crippen molar-refractivity contribution < 1.29 is 34.1 Å². The zero-order valence-corrected chi connectivity index (χ0v) is 29.2. The molecule has 50 heavy (non-hydrogen) atoms. The van der Waals surface area contributed by atoms with Crippen LogP contribution in [0, 0.1) is 0 Å². The Hall–Kier alpha value is -4.19. The summed E-state index contributed by atoms with van der Waals surface area (Å²) in [4.78, 5) is 24.5. The van der Waals surface area contributed by atoms with E-state index in [0.29, 0.717) is 25.8 Å². The maximum Gasteiger partial charge on any atom is 0.243 e. The second-order valence-corrected chi connectivity index (χ2v) is 13.4. The lowest BCUT2D eigenvalue weighted by molar-refractivity contribution is -0.245. The highest BCUT2D eigenvalue weighted by molar-refractivity contribution is 7.99. The number of unbranched alkanes of at least 4 members (excludes halogenated alkanes) is 3. The Morgan fingerprint density at radius 2 is 1.52 bits per heavy atom. The molecule has 0 aromatic heterocycles. The van der Waals surface area contributed by atoms with Crippen LogP contribution in [0.3, 0.4) is 0 Å². The molecule has 4 N–H and O–H groups in total. The van der Waals surface area contributed by atoms with Crippen molar-refractivity contribution in [1.82, 2.24) is 10.8 Å². The summed E-state index contributed by atoms with van der Waals surface area (Å²) in [6.45, 7) is 0.442. The normalized spacial score (nSPS) is 17.2. The van der Waals surface area contributed by atoms with Gasteiger partial charge in [0.2, 0.25) is 11.8 Å². The molecular weight excluding hydrogens is 653 g/mol. The van der Waals surface area contributed by atoms with Gasteiger partial charge in [-0.2, -0.15) is 0 Å². The number of ether oxygens (including phenoxy) is 3. The summed E-state index contributed by atoms with van der Waals surface area (Å²) >= 11 is 1.71. The molecule has 4 aromatic rings. The number of aliphatic hydroxyl groups is 1. The van der Waals surface area contributed by atoms with Crippen LogP contribution < -0.4 is 15.5 Å². The van der Waals surface area contributed by atoms with E-state index in [1.54, 1.807) is 24.4 Å². The van der Waals surface area contributed by atoms with Crippen LogP contribution in [0.4, 0.5) is 0 Å². The van der Waals surface area contributed by atoms with Gasteiger partial charge in [-0.05, 0) is 58.9 Å². The van der Waals surface area contributed by atoms with Gasteiger partial charge < -0.3 is 24.6 Å². The van der Waals surface area contributed by atoms with Crippen molar-refractivity contribution in [2.75, 3.05) is 12.9 Å². The summed E-state index contributed by atoms with van der Waals surface area (Å²) in [7, 11) is 1.68. The van der Waals surface area contributed by atoms with Crippen LogP contribution in [0.15, 0.2) is 102 Å². The van der Waals surface area contributed by atoms with E-state index in [1.165, 1.54) is 0 Å². The average Bonchev–Trinajstić information content (AvgIpc) is 3.17. The fraction of sp³-hybridized carbons (Fsp3) is 0.350. The van der Waals surface area contributed by atoms with Crippen LogP contribution in [0.25, 0.3) is 11.1 Å². The van der Waals surface area contributed by atoms with Crippen LogP contribution in [-0.2, 0) is 32.2 Å². The molecule has 0 saturated carbocycles. The number of benzene rings is 4. The SMILES string of the molecule is COc1ccccc1SCC1CC(c2ccc(CO)cc2)OC(c2ccc(-c3cccc(CNC(=O)CCCCCCC(=O)NO)c3)cc2)O1. The fourth-order valence-corrected chi connectivity index (χ4v) is 6.96. The molecule has 264 valence electrons. The molecule has 1 aliphatic rings. The number of nitrogens with one attached hydrogen (secondary N) is 2. The van der Waals surface area contributed by atoms with E-state index in [2.05, 4.69) is 35.6 Å². The Morgan fingerprint density at radius 1 is 0.800 bits per heavy atom. The van der Waals surface area contributed by atoms with Crippen molar-refractivity contribution in [3.05, 3.63) is 119 Å². The number of rotatable bonds is 17. The van der Waals surface area contributed by atoms with E-state index in [-0.39, 0.29) is 37.0 Å². The molecule has 4 aromatic carbocycles. The molecule has 1 aliphatic heterocycles. The molecular formula is C40H46N2O7S. The molecule has 0 spiro atoms. The summed E-state index contributed by atoms with van der Waals surface area (Å²) in [5.74, 6) is 1.20. The minimum Gasteiger partial charge on any atom is -0.496 e. The Balaban J connectivity index is 1.19. The first-order valence-electron chi connectivity index (χ1n) is 17.1. The number of hydrogen-bond acceptors (Lipinski definition) is 8. The fourth-order valence-electron chi connectivity index (χ4n) is 5.91. The Morgan fingerprint density at radius 3 is 2.24 bits per heavy atom. The number of hydrogen-bond donors (Lipinski definition) is 4. The number of carbonyl (C=O) groups is 2. The van der Waals surface area contributed by atoms with Gasteiger partial charge in [0.15, 0.2) is 6.29 Å². The summed E-state index contributed by atoms with van der Waals surface area (Å²) in [5.41, 5.74) is 7.58. The first-order valence-corrected chi connectivity index (χ1v) is 18.1. The van der Waals surface area contributed by atoms with Crippen molar-refractivity contribution in [2.24, 2.45) is 0 Å². The van der Waals surface area contributed by atoms with Gasteiger partial charge in [0.25, 0.3) is 0 Å². The number of thioether (sulfide) groups is 1. The summed E-state index contributed by atoms with van der Waals surface area (Å²) in [5, 5.41) is 21.1. The van der Waals surface area contributed by atoms with E-state index in [0.717, 1.165) is 69.0 Å². The number of carbonyl (C=O) groups excluding carboxylic acids is 2. The van der Waals surface area contributed by atoms with Gasteiger partial charge in [-0.25, -0.2) is 5.48 Å². The van der Waals surface area contributed by atoms with Crippen LogP contribution in [-0.4, -0.2) is 41.1 Å². The lowest BCUT2D eigenvalue weighted by Crippen LogP contribution is -2.31. The standard InChI is InChI=1S/C40H46N2O7S/c1-47-35-11-6-7-12-37(35)50-27-34-24-36(31-17-15-28(26-43)16-18-31)49-40(48-34)32-21-19-30(20-22-32)33-10-8-9-29(23-33)25-41-38(44)13-4-2-3-5-14-39(45)42-46/h6-12,15-23,34,36,40,43,46H,2-5,13-14,24-27H2,1H3,(H,41,44)(H,42,45). The highest BCUT2D eigenvalue weighted by Crippen LogP contribution is 2.40. The number of para-hydroxylation sites is 1. The van der Waals surface area contributed by atoms with Crippen molar-refractivity contribution in [1.29, 1.82) is 0 Å². The van der Waals surface area contributed by atoms with E-state index in [1.807, 2.05) is 66.7 Å². The maximum absolute atomic E-state index is 12.4. The molecule has 5 rings (SSSR count). The third kappa shape index (κ3) is 10.9. The second-order valence-electron chi connectivity index (χ2n) is 12.4. The molecule has 1 saturated heterocycles. The Kier molecular flexibility index (Phi) is 14.3. The van der Waals surface area contributed by atoms with Crippen LogP contribution in [0.5, 0.6) is 5.75 Å². The van der Waals surface area contributed by atoms with Crippen molar-refractivity contribution >= 4 is 23.6 Å². The number of methoxy groups -OCH3 is 1. The highest BCUT2D eigenvalue weighted by atomic mass is 32.2. The van der Waals surface area contributed by atoms with Gasteiger partial charge in [-0.1, -0.05) is 91.7 Å². The quantitative estimate of drug-likeness (QED) is 0.0384. The molecule has 0 radical (unpaired) electrons. The summed E-state index contributed by atoms with van der Waals surface area (Å²) < 4.78 is 18.7. The Labute approximate surface area is 298 Å². The predicted octanol–water partition coefficient (Wildman–Crippen LogP) is 7.65. The van der Waals surface area contributed by atoms with Crippen LogP contribution >= 0.6 is 11.8 Å². The molecule has 0 bridgehead atoms. The van der Waals surface area contributed by atoms with Crippen LogP contribution in [0.1, 0.15) is 79.6 Å². The second kappa shape index (κ2) is 19.3. The number of hydroxylamine groups is 1. The van der Waals surface area contributed by atoms with Gasteiger partial charge in [-0.3, -0.25) is 14.8 Å². The smallest absolute Gasteiger partial charge is 0.243 e. The third-order valence-corrected chi connectivity index (χ3v) is 9.91. The zero-order chi connectivity index (χ0) is 35.1. The van der Waals surface area contributed by atoms with E-state index in [9.17, 15) is 14.7 Å². The summed E-state index contributed by atoms with van der Waals surface area (Å²) in [6, 6.07) is 32.3. The maximum atomic E-state index is 12.4. The lowest BCUT2D eigenvalue weighted by atomic mass is 9.99. The van der Waals surface area contributed by atoms with E-state index < -0.39 is 6.29 Å². The van der Waals surface area contributed by atoms with E-state index in [4.69, 9.17) is 19.4 Å². The van der Waals surface area contributed by atoms with Crippen LogP contribution in [0.2, 0.25) is 0 Å². The van der Waals surface area contributed by atoms with E-state index >= 15 is 0 Å². The zero-order valence-electron chi connectivity index (χ0n) is 28.4. The largest absolute Gasteiger partial charge is 0.496 e. The molecule has 0 aliphatic carbocycles. The van der Waals surface area contributed by atoms with Gasteiger partial charge in [0.05, 0.1) is 25.9 Å². The first-order chi connectivity index (χ1) is 24.4.